The van der Waals surface area contributed by atoms with Gasteiger partial charge >= 0.3 is 0 Å². The van der Waals surface area contributed by atoms with Gasteiger partial charge in [-0.1, -0.05) is 25.0 Å². The van der Waals surface area contributed by atoms with Crippen LogP contribution in [0.25, 0.3) is 0 Å². The number of nitrogens with one attached hydrogen (secondary N) is 1. The predicted molar refractivity (Wildman–Crippen MR) is 103 cm³/mol. The molecular weight excluding hydrogens is 348 g/mol. The number of benzene rings is 2. The summed E-state index contributed by atoms with van der Waals surface area (Å²) in [6.45, 7) is 3.45. The fourth-order valence-electron chi connectivity index (χ4n) is 3.16. The van der Waals surface area contributed by atoms with Crippen molar-refractivity contribution in [2.45, 2.75) is 37.5 Å². The Hall–Kier alpha value is -2.34. The minimum atomic E-state index is -3.68. The smallest absolute Gasteiger partial charge is 0.261 e. The molecule has 0 unspecified atom stereocenters. The first kappa shape index (κ1) is 18.5. The van der Waals surface area contributed by atoms with E-state index < -0.39 is 10.0 Å². The first-order valence-corrected chi connectivity index (χ1v) is 10.4. The average Bonchev–Trinajstić information content (AvgIpc) is 2.90. The first-order valence-electron chi connectivity index (χ1n) is 8.94. The minimum Gasteiger partial charge on any atom is -0.339 e. The Morgan fingerprint density at radius 3 is 2.23 bits per heavy atom. The maximum absolute atomic E-state index is 12.6. The molecule has 0 radical (unpaired) electrons. The van der Waals surface area contributed by atoms with Crippen molar-refractivity contribution < 1.29 is 13.2 Å². The molecule has 5 nitrogen and oxygen atoms in total. The van der Waals surface area contributed by atoms with E-state index in [1.54, 1.807) is 30.3 Å². The molecule has 1 fully saturated rings. The summed E-state index contributed by atoms with van der Waals surface area (Å²) >= 11 is 0. The van der Waals surface area contributed by atoms with Gasteiger partial charge in [-0.2, -0.15) is 0 Å². The summed E-state index contributed by atoms with van der Waals surface area (Å²) in [5.41, 5.74) is 2.03. The van der Waals surface area contributed by atoms with Gasteiger partial charge in [0.05, 0.1) is 4.90 Å². The molecule has 0 bridgehead atoms. The number of hydrogen-bond acceptors (Lipinski definition) is 3. The van der Waals surface area contributed by atoms with E-state index in [0.29, 0.717) is 11.3 Å². The van der Waals surface area contributed by atoms with E-state index in [2.05, 4.69) is 4.72 Å². The van der Waals surface area contributed by atoms with Crippen molar-refractivity contribution in [3.05, 3.63) is 59.7 Å². The van der Waals surface area contributed by atoms with Gasteiger partial charge in [-0.3, -0.25) is 9.52 Å². The van der Waals surface area contributed by atoms with Crippen LogP contribution in [0.5, 0.6) is 0 Å². The van der Waals surface area contributed by atoms with Crippen molar-refractivity contribution in [2.24, 2.45) is 0 Å². The van der Waals surface area contributed by atoms with Crippen LogP contribution in [-0.4, -0.2) is 32.3 Å². The summed E-state index contributed by atoms with van der Waals surface area (Å²) in [5.74, 6) is -0.0255. The lowest BCUT2D eigenvalue weighted by molar-refractivity contribution is 0.0761. The third kappa shape index (κ3) is 4.43. The summed E-state index contributed by atoms with van der Waals surface area (Å²) in [5, 5.41) is 0. The van der Waals surface area contributed by atoms with Crippen molar-refractivity contribution >= 4 is 21.6 Å². The van der Waals surface area contributed by atoms with Crippen molar-refractivity contribution in [1.82, 2.24) is 4.90 Å². The molecule has 0 aromatic heterocycles. The predicted octanol–water partition coefficient (Wildman–Crippen LogP) is 3.81. The van der Waals surface area contributed by atoms with Crippen molar-refractivity contribution in [3.8, 4) is 0 Å². The molecule has 1 aliphatic heterocycles. The highest BCUT2D eigenvalue weighted by Gasteiger charge is 2.19. The van der Waals surface area contributed by atoms with Crippen molar-refractivity contribution in [3.63, 3.8) is 0 Å². The van der Waals surface area contributed by atoms with Gasteiger partial charge < -0.3 is 4.90 Å². The number of carbonyl (C=O) groups excluding carboxylic acids is 1. The zero-order valence-corrected chi connectivity index (χ0v) is 15.8. The zero-order valence-electron chi connectivity index (χ0n) is 14.9. The van der Waals surface area contributed by atoms with Crippen molar-refractivity contribution in [2.75, 3.05) is 17.8 Å². The number of rotatable bonds is 4. The second-order valence-corrected chi connectivity index (χ2v) is 8.39. The van der Waals surface area contributed by atoms with Crippen LogP contribution < -0.4 is 4.72 Å². The fourth-order valence-corrected chi connectivity index (χ4v) is 4.21. The Kier molecular flexibility index (Phi) is 5.61. The first-order chi connectivity index (χ1) is 12.5. The standard InChI is InChI=1S/C20H24N2O3S/c1-16-7-6-8-18(15-16)21-26(24,25)19-11-9-17(10-12-19)20(23)22-13-4-2-3-5-14-22/h6-12,15,21H,2-5,13-14H2,1H3. The second kappa shape index (κ2) is 7.91. The van der Waals surface area contributed by atoms with Crippen LogP contribution >= 0.6 is 0 Å². The summed E-state index contributed by atoms with van der Waals surface area (Å²) in [4.78, 5) is 14.6. The molecule has 1 N–H and O–H groups in total. The van der Waals surface area contributed by atoms with Gasteiger partial charge in [0, 0.05) is 24.3 Å². The van der Waals surface area contributed by atoms with Gasteiger partial charge in [0.1, 0.15) is 0 Å². The van der Waals surface area contributed by atoms with Crippen LogP contribution in [0.1, 0.15) is 41.6 Å². The van der Waals surface area contributed by atoms with E-state index in [1.165, 1.54) is 12.1 Å². The molecule has 1 saturated heterocycles. The number of carbonyl (C=O) groups is 1. The maximum Gasteiger partial charge on any atom is 0.261 e. The normalized spacial score (nSPS) is 15.3. The highest BCUT2D eigenvalue weighted by molar-refractivity contribution is 7.92. The Morgan fingerprint density at radius 2 is 1.62 bits per heavy atom. The topological polar surface area (TPSA) is 66.5 Å². The zero-order chi connectivity index (χ0) is 18.6. The van der Waals surface area contributed by atoms with Crippen LogP contribution in [0.2, 0.25) is 0 Å². The molecule has 6 heteroatoms. The molecule has 3 rings (SSSR count). The van der Waals surface area contributed by atoms with Crippen LogP contribution in [0.15, 0.2) is 53.4 Å². The molecule has 1 heterocycles. The molecule has 0 spiro atoms. The summed E-state index contributed by atoms with van der Waals surface area (Å²) < 4.78 is 27.6. The molecule has 1 aliphatic rings. The van der Waals surface area contributed by atoms with Crippen LogP contribution in [0.3, 0.4) is 0 Å². The Balaban J connectivity index is 1.74. The SMILES string of the molecule is Cc1cccc(NS(=O)(=O)c2ccc(C(=O)N3CCCCCC3)cc2)c1. The molecule has 138 valence electrons. The Morgan fingerprint density at radius 1 is 0.962 bits per heavy atom. The van der Waals surface area contributed by atoms with Gasteiger partial charge in [0.15, 0.2) is 0 Å². The van der Waals surface area contributed by atoms with E-state index in [4.69, 9.17) is 0 Å². The summed E-state index contributed by atoms with van der Waals surface area (Å²) in [6, 6.07) is 13.4. The van der Waals surface area contributed by atoms with Crippen LogP contribution in [0, 0.1) is 6.92 Å². The molecule has 2 aromatic carbocycles. The number of hydrogen-bond donors (Lipinski definition) is 1. The Labute approximate surface area is 155 Å². The molecule has 2 aromatic rings. The van der Waals surface area contributed by atoms with Gasteiger partial charge in [-0.05, 0) is 61.7 Å². The average molecular weight is 372 g/mol. The summed E-state index contributed by atoms with van der Waals surface area (Å²) in [6.07, 6.45) is 4.37. The highest BCUT2D eigenvalue weighted by Crippen LogP contribution is 2.19. The number of amides is 1. The lowest BCUT2D eigenvalue weighted by Crippen LogP contribution is -2.31. The number of nitrogens with zero attached hydrogens (tertiary/aromatic N) is 1. The number of sulfonamides is 1. The van der Waals surface area contributed by atoms with Crippen molar-refractivity contribution in [1.29, 1.82) is 0 Å². The van der Waals surface area contributed by atoms with Gasteiger partial charge in [0.2, 0.25) is 0 Å². The summed E-state index contributed by atoms with van der Waals surface area (Å²) in [7, 11) is -3.68. The molecular formula is C20H24N2O3S. The quantitative estimate of drug-likeness (QED) is 0.887. The number of aryl methyl sites for hydroxylation is 1. The number of likely N-dealkylation sites (tertiary alicyclic amines) is 1. The number of anilines is 1. The maximum atomic E-state index is 12.6. The molecule has 26 heavy (non-hydrogen) atoms. The van der Waals surface area contributed by atoms with Gasteiger partial charge in [-0.25, -0.2) is 8.42 Å². The molecule has 0 aliphatic carbocycles. The van der Waals surface area contributed by atoms with Crippen LogP contribution in [0.4, 0.5) is 5.69 Å². The molecule has 0 atom stereocenters. The van der Waals surface area contributed by atoms with E-state index in [-0.39, 0.29) is 10.8 Å². The van der Waals surface area contributed by atoms with E-state index in [9.17, 15) is 13.2 Å². The van der Waals surface area contributed by atoms with E-state index in [1.807, 2.05) is 17.9 Å². The lowest BCUT2D eigenvalue weighted by atomic mass is 10.2. The Bertz CT molecular complexity index is 868. The molecule has 0 saturated carbocycles. The third-order valence-corrected chi connectivity index (χ3v) is 5.97. The van der Waals surface area contributed by atoms with Gasteiger partial charge in [-0.15, -0.1) is 0 Å². The molecule has 1 amide bonds. The van der Waals surface area contributed by atoms with E-state index >= 15 is 0 Å². The van der Waals surface area contributed by atoms with Crippen LogP contribution in [-0.2, 0) is 10.0 Å². The fraction of sp³-hybridized carbons (Fsp3) is 0.350. The highest BCUT2D eigenvalue weighted by atomic mass is 32.2. The monoisotopic (exact) mass is 372 g/mol. The van der Waals surface area contributed by atoms with Gasteiger partial charge in [0.25, 0.3) is 15.9 Å². The minimum absolute atomic E-state index is 0.0255. The second-order valence-electron chi connectivity index (χ2n) is 6.71. The largest absolute Gasteiger partial charge is 0.339 e. The lowest BCUT2D eigenvalue weighted by Gasteiger charge is -2.20. The third-order valence-electron chi connectivity index (χ3n) is 4.58. The van der Waals surface area contributed by atoms with E-state index in [0.717, 1.165) is 44.3 Å².